The summed E-state index contributed by atoms with van der Waals surface area (Å²) in [7, 11) is 1.63. The van der Waals surface area contributed by atoms with E-state index < -0.39 is 0 Å². The van der Waals surface area contributed by atoms with Crippen molar-refractivity contribution in [2.75, 3.05) is 40.1 Å². The Balaban J connectivity index is 2.08. The van der Waals surface area contributed by atoms with Crippen molar-refractivity contribution in [2.24, 2.45) is 5.92 Å². The summed E-state index contributed by atoms with van der Waals surface area (Å²) in [5.74, 6) is 0.491. The van der Waals surface area contributed by atoms with Crippen LogP contribution >= 0.6 is 0 Å². The summed E-state index contributed by atoms with van der Waals surface area (Å²) >= 11 is 0. The minimum absolute atomic E-state index is 0.136. The Morgan fingerprint density at radius 3 is 2.78 bits per heavy atom. The average molecular weight is 259 g/mol. The molecule has 1 aliphatic heterocycles. The molecule has 18 heavy (non-hydrogen) atoms. The number of ether oxygens (including phenoxy) is 3. The first-order valence-electron chi connectivity index (χ1n) is 6.74. The van der Waals surface area contributed by atoms with Crippen LogP contribution in [0.5, 0.6) is 0 Å². The molecule has 1 aliphatic rings. The number of methoxy groups -OCH3 is 1. The normalized spacial score (nSPS) is 23.9. The van der Waals surface area contributed by atoms with Crippen LogP contribution in [-0.2, 0) is 19.0 Å². The van der Waals surface area contributed by atoms with Crippen molar-refractivity contribution in [3.63, 3.8) is 0 Å². The number of nitrogens with one attached hydrogen (secondary N) is 1. The van der Waals surface area contributed by atoms with Crippen molar-refractivity contribution in [3.05, 3.63) is 0 Å². The molecular weight excluding hydrogens is 234 g/mol. The van der Waals surface area contributed by atoms with Gasteiger partial charge >= 0.3 is 5.97 Å². The summed E-state index contributed by atoms with van der Waals surface area (Å²) in [5.41, 5.74) is 0. The Morgan fingerprint density at radius 1 is 1.28 bits per heavy atom. The first-order valence-corrected chi connectivity index (χ1v) is 6.74. The van der Waals surface area contributed by atoms with Crippen LogP contribution in [0.15, 0.2) is 0 Å². The molecule has 0 saturated carbocycles. The Bertz CT molecular complexity index is 235. The van der Waals surface area contributed by atoms with Crippen molar-refractivity contribution >= 4 is 5.97 Å². The third-order valence-corrected chi connectivity index (χ3v) is 3.28. The molecule has 0 aliphatic carbocycles. The molecule has 1 rings (SSSR count). The molecule has 1 saturated heterocycles. The van der Waals surface area contributed by atoms with Gasteiger partial charge in [0.25, 0.3) is 0 Å². The molecule has 0 aromatic rings. The molecule has 0 spiro atoms. The predicted octanol–water partition coefficient (Wildman–Crippen LogP) is 0.971. The highest BCUT2D eigenvalue weighted by Crippen LogP contribution is 2.19. The van der Waals surface area contributed by atoms with Crippen LogP contribution < -0.4 is 5.32 Å². The van der Waals surface area contributed by atoms with E-state index in [1.165, 1.54) is 0 Å². The van der Waals surface area contributed by atoms with Crippen LogP contribution in [-0.4, -0.2) is 52.1 Å². The first kappa shape index (κ1) is 15.4. The number of rotatable bonds is 8. The lowest BCUT2D eigenvalue weighted by Gasteiger charge is -2.28. The van der Waals surface area contributed by atoms with Crippen LogP contribution in [0, 0.1) is 5.92 Å². The Morgan fingerprint density at radius 2 is 2.06 bits per heavy atom. The largest absolute Gasteiger partial charge is 0.462 e. The molecule has 2 atom stereocenters. The second-order valence-corrected chi connectivity index (χ2v) is 4.58. The topological polar surface area (TPSA) is 56.8 Å². The van der Waals surface area contributed by atoms with Gasteiger partial charge in [-0.05, 0) is 25.3 Å². The van der Waals surface area contributed by atoms with Crippen molar-refractivity contribution in [2.45, 2.75) is 32.2 Å². The molecule has 1 fully saturated rings. The SMILES string of the molecule is CCC1CCNC(C(=O)OCCOCCOC)C1. The van der Waals surface area contributed by atoms with E-state index in [-0.39, 0.29) is 12.0 Å². The van der Waals surface area contributed by atoms with Crippen molar-refractivity contribution in [3.8, 4) is 0 Å². The molecule has 2 unspecified atom stereocenters. The second kappa shape index (κ2) is 9.30. The van der Waals surface area contributed by atoms with Crippen molar-refractivity contribution in [1.82, 2.24) is 5.32 Å². The average Bonchev–Trinajstić information content (AvgIpc) is 2.42. The summed E-state index contributed by atoms with van der Waals surface area (Å²) in [6.07, 6.45) is 3.17. The van der Waals surface area contributed by atoms with Crippen molar-refractivity contribution < 1.29 is 19.0 Å². The van der Waals surface area contributed by atoms with Gasteiger partial charge in [-0.15, -0.1) is 0 Å². The lowest BCUT2D eigenvalue weighted by atomic mass is 9.90. The zero-order valence-corrected chi connectivity index (χ0v) is 11.4. The standard InChI is InChI=1S/C13H25NO4/c1-3-11-4-5-14-12(10-11)13(15)18-9-8-17-7-6-16-2/h11-12,14H,3-10H2,1-2H3. The van der Waals surface area contributed by atoms with E-state index in [4.69, 9.17) is 14.2 Å². The van der Waals surface area contributed by atoms with Gasteiger partial charge in [-0.25, -0.2) is 0 Å². The fourth-order valence-corrected chi connectivity index (χ4v) is 2.09. The van der Waals surface area contributed by atoms with E-state index in [1.807, 2.05) is 0 Å². The monoisotopic (exact) mass is 259 g/mol. The van der Waals surface area contributed by atoms with Crippen LogP contribution in [0.1, 0.15) is 26.2 Å². The molecule has 0 aromatic heterocycles. The number of hydrogen-bond donors (Lipinski definition) is 1. The highest BCUT2D eigenvalue weighted by Gasteiger charge is 2.26. The maximum absolute atomic E-state index is 11.8. The molecular formula is C13H25NO4. The number of hydrogen-bond acceptors (Lipinski definition) is 5. The summed E-state index contributed by atoms with van der Waals surface area (Å²) in [4.78, 5) is 11.8. The fourth-order valence-electron chi connectivity index (χ4n) is 2.09. The molecule has 0 bridgehead atoms. The lowest BCUT2D eigenvalue weighted by molar-refractivity contribution is -0.148. The maximum atomic E-state index is 11.8. The van der Waals surface area contributed by atoms with Gasteiger partial charge in [0.2, 0.25) is 0 Å². The summed E-state index contributed by atoms with van der Waals surface area (Å²) in [6, 6.07) is -0.136. The molecule has 106 valence electrons. The molecule has 1 N–H and O–H groups in total. The van der Waals surface area contributed by atoms with Crippen LogP contribution in [0.2, 0.25) is 0 Å². The van der Waals surface area contributed by atoms with Crippen molar-refractivity contribution in [1.29, 1.82) is 0 Å². The number of esters is 1. The molecule has 5 heteroatoms. The Labute approximate surface area is 109 Å². The zero-order chi connectivity index (χ0) is 13.2. The molecule has 0 amide bonds. The highest BCUT2D eigenvalue weighted by atomic mass is 16.6. The maximum Gasteiger partial charge on any atom is 0.323 e. The van der Waals surface area contributed by atoms with Gasteiger partial charge in [0, 0.05) is 7.11 Å². The fraction of sp³-hybridized carbons (Fsp3) is 0.923. The van der Waals surface area contributed by atoms with Gasteiger partial charge in [-0.2, -0.15) is 0 Å². The summed E-state index contributed by atoms with van der Waals surface area (Å²) in [5, 5.41) is 3.21. The molecule has 5 nitrogen and oxygen atoms in total. The van der Waals surface area contributed by atoms with Crippen LogP contribution in [0.3, 0.4) is 0 Å². The number of carbonyl (C=O) groups is 1. The first-order chi connectivity index (χ1) is 8.77. The smallest absolute Gasteiger partial charge is 0.323 e. The van der Waals surface area contributed by atoms with E-state index in [2.05, 4.69) is 12.2 Å². The molecule has 0 aromatic carbocycles. The van der Waals surface area contributed by atoms with E-state index in [9.17, 15) is 4.79 Å². The Kier molecular flexibility index (Phi) is 7.96. The van der Waals surface area contributed by atoms with Gasteiger partial charge in [-0.3, -0.25) is 4.79 Å². The Hall–Kier alpha value is -0.650. The van der Waals surface area contributed by atoms with E-state index in [0.29, 0.717) is 32.3 Å². The van der Waals surface area contributed by atoms with Gasteiger partial charge in [0.1, 0.15) is 12.6 Å². The van der Waals surface area contributed by atoms with Gasteiger partial charge in [0.05, 0.1) is 19.8 Å². The molecule has 0 radical (unpaired) electrons. The lowest BCUT2D eigenvalue weighted by Crippen LogP contribution is -2.44. The third kappa shape index (κ3) is 5.80. The van der Waals surface area contributed by atoms with Crippen LogP contribution in [0.25, 0.3) is 0 Å². The van der Waals surface area contributed by atoms with Gasteiger partial charge < -0.3 is 19.5 Å². The number of carbonyl (C=O) groups excluding carboxylic acids is 1. The molecule has 1 heterocycles. The minimum atomic E-state index is -0.150. The van der Waals surface area contributed by atoms with Gasteiger partial charge in [0.15, 0.2) is 0 Å². The van der Waals surface area contributed by atoms with Gasteiger partial charge in [-0.1, -0.05) is 13.3 Å². The van der Waals surface area contributed by atoms with E-state index >= 15 is 0 Å². The van der Waals surface area contributed by atoms with E-state index in [1.54, 1.807) is 7.11 Å². The number of piperidine rings is 1. The second-order valence-electron chi connectivity index (χ2n) is 4.58. The van der Waals surface area contributed by atoms with E-state index in [0.717, 1.165) is 25.8 Å². The quantitative estimate of drug-likeness (QED) is 0.520. The highest BCUT2D eigenvalue weighted by molar-refractivity contribution is 5.75. The summed E-state index contributed by atoms with van der Waals surface area (Å²) < 4.78 is 15.3. The third-order valence-electron chi connectivity index (χ3n) is 3.28. The summed E-state index contributed by atoms with van der Waals surface area (Å²) in [6.45, 7) is 4.92. The minimum Gasteiger partial charge on any atom is -0.462 e. The van der Waals surface area contributed by atoms with Crippen LogP contribution in [0.4, 0.5) is 0 Å². The predicted molar refractivity (Wildman–Crippen MR) is 68.5 cm³/mol. The zero-order valence-electron chi connectivity index (χ0n) is 11.4.